The minimum atomic E-state index is -0.675. The van der Waals surface area contributed by atoms with Crippen LogP contribution < -0.4 is 10.6 Å². The van der Waals surface area contributed by atoms with Crippen molar-refractivity contribution in [3.05, 3.63) is 0 Å². The smallest absolute Gasteiger partial charge is 0.191 e. The van der Waals surface area contributed by atoms with Crippen molar-refractivity contribution < 1.29 is 9.84 Å². The summed E-state index contributed by atoms with van der Waals surface area (Å²) in [6.45, 7) is 15.5. The van der Waals surface area contributed by atoms with Crippen molar-refractivity contribution in [2.75, 3.05) is 52.5 Å². The molecule has 0 amide bonds. The molecule has 1 unspecified atom stereocenters. The zero-order chi connectivity index (χ0) is 18.5. The van der Waals surface area contributed by atoms with Crippen molar-refractivity contribution in [3.63, 3.8) is 0 Å². The average Bonchev–Trinajstić information content (AvgIpc) is 2.59. The third-order valence-corrected chi connectivity index (χ3v) is 4.60. The van der Waals surface area contributed by atoms with E-state index in [1.165, 1.54) is 0 Å². The first-order chi connectivity index (χ1) is 12.0. The second kappa shape index (κ2) is 12.5. The largest absolute Gasteiger partial charge is 0.388 e. The summed E-state index contributed by atoms with van der Waals surface area (Å²) in [5.74, 6) is 1.34. The number of ether oxygens (including phenoxy) is 1. The fraction of sp³-hybridized carbons (Fsp3) is 0.947. The zero-order valence-corrected chi connectivity index (χ0v) is 16.8. The van der Waals surface area contributed by atoms with Gasteiger partial charge in [0.15, 0.2) is 5.96 Å². The predicted octanol–water partition coefficient (Wildman–Crippen LogP) is 1.84. The highest BCUT2D eigenvalue weighted by molar-refractivity contribution is 5.79. The Balaban J connectivity index is 2.47. The van der Waals surface area contributed by atoms with Crippen LogP contribution >= 0.6 is 0 Å². The first kappa shape index (κ1) is 22.2. The van der Waals surface area contributed by atoms with Crippen molar-refractivity contribution >= 4 is 5.96 Å². The third-order valence-electron chi connectivity index (χ3n) is 4.60. The summed E-state index contributed by atoms with van der Waals surface area (Å²) in [5.41, 5.74) is -0.675. The molecular weight excluding hydrogens is 316 g/mol. The Morgan fingerprint density at radius 3 is 2.36 bits per heavy atom. The van der Waals surface area contributed by atoms with Crippen molar-refractivity contribution in [1.82, 2.24) is 15.5 Å². The first-order valence-electron chi connectivity index (χ1n) is 10.1. The van der Waals surface area contributed by atoms with Gasteiger partial charge in [0.2, 0.25) is 0 Å². The van der Waals surface area contributed by atoms with Gasteiger partial charge in [0, 0.05) is 32.7 Å². The van der Waals surface area contributed by atoms with E-state index in [0.717, 1.165) is 77.6 Å². The van der Waals surface area contributed by atoms with Crippen LogP contribution in [0.4, 0.5) is 0 Å². The molecule has 1 heterocycles. The molecular formula is C19H40N4O2. The molecule has 25 heavy (non-hydrogen) atoms. The Kier molecular flexibility index (Phi) is 11.1. The van der Waals surface area contributed by atoms with E-state index in [0.29, 0.717) is 12.5 Å². The van der Waals surface area contributed by atoms with Gasteiger partial charge < -0.3 is 20.5 Å². The quantitative estimate of drug-likeness (QED) is 0.389. The van der Waals surface area contributed by atoms with Gasteiger partial charge in [0.05, 0.1) is 25.4 Å². The van der Waals surface area contributed by atoms with E-state index in [4.69, 9.17) is 4.74 Å². The average molecular weight is 357 g/mol. The normalized spacial score (nSPS) is 18.2. The van der Waals surface area contributed by atoms with Crippen LogP contribution in [0.1, 0.15) is 53.4 Å². The molecule has 1 rings (SSSR count). The van der Waals surface area contributed by atoms with Gasteiger partial charge in [0.1, 0.15) is 0 Å². The second-order valence-electron chi connectivity index (χ2n) is 7.32. The number of nitrogens with zero attached hydrogens (tertiary/aromatic N) is 2. The number of morpholine rings is 1. The van der Waals surface area contributed by atoms with Gasteiger partial charge in [-0.2, -0.15) is 0 Å². The lowest BCUT2D eigenvalue weighted by Crippen LogP contribution is -2.44. The van der Waals surface area contributed by atoms with Gasteiger partial charge in [0.25, 0.3) is 0 Å². The van der Waals surface area contributed by atoms with E-state index in [1.54, 1.807) is 0 Å². The molecule has 6 nitrogen and oxygen atoms in total. The summed E-state index contributed by atoms with van der Waals surface area (Å²) in [5, 5.41) is 17.5. The van der Waals surface area contributed by atoms with Crippen LogP contribution in [0.3, 0.4) is 0 Å². The molecule has 0 aliphatic carbocycles. The maximum Gasteiger partial charge on any atom is 0.191 e. The molecule has 1 aliphatic heterocycles. The number of aliphatic hydroxyl groups is 1. The molecule has 6 heteroatoms. The highest BCUT2D eigenvalue weighted by Gasteiger charge is 2.24. The Morgan fingerprint density at radius 2 is 1.80 bits per heavy atom. The summed E-state index contributed by atoms with van der Waals surface area (Å²) in [6.07, 6.45) is 3.56. The minimum absolute atomic E-state index is 0.460. The maximum absolute atomic E-state index is 10.7. The number of guanidine groups is 1. The SMILES string of the molecule is CCCC(O)(CCC)CN=C(NCC)NCC(C)CN1CCOCC1. The van der Waals surface area contributed by atoms with Gasteiger partial charge in [-0.1, -0.05) is 33.6 Å². The van der Waals surface area contributed by atoms with Crippen LogP contribution in [0.15, 0.2) is 4.99 Å². The van der Waals surface area contributed by atoms with Gasteiger partial charge >= 0.3 is 0 Å². The number of hydrogen-bond donors (Lipinski definition) is 3. The van der Waals surface area contributed by atoms with E-state index in [2.05, 4.69) is 48.2 Å². The summed E-state index contributed by atoms with van der Waals surface area (Å²) in [7, 11) is 0. The fourth-order valence-electron chi connectivity index (χ4n) is 3.34. The molecule has 0 spiro atoms. The Bertz CT molecular complexity index is 364. The van der Waals surface area contributed by atoms with E-state index >= 15 is 0 Å². The lowest BCUT2D eigenvalue weighted by molar-refractivity contribution is 0.0305. The Labute approximate surface area is 154 Å². The molecule has 0 aromatic carbocycles. The monoisotopic (exact) mass is 356 g/mol. The van der Waals surface area contributed by atoms with Crippen molar-refractivity contribution in [2.45, 2.75) is 59.0 Å². The second-order valence-corrected chi connectivity index (χ2v) is 7.32. The maximum atomic E-state index is 10.7. The van der Waals surface area contributed by atoms with Crippen LogP contribution in [0.5, 0.6) is 0 Å². The molecule has 3 N–H and O–H groups in total. The van der Waals surface area contributed by atoms with E-state index in [-0.39, 0.29) is 0 Å². The van der Waals surface area contributed by atoms with E-state index < -0.39 is 5.60 Å². The number of hydrogen-bond acceptors (Lipinski definition) is 4. The number of rotatable bonds is 11. The summed E-state index contributed by atoms with van der Waals surface area (Å²) >= 11 is 0. The first-order valence-corrected chi connectivity index (χ1v) is 10.1. The summed E-state index contributed by atoms with van der Waals surface area (Å²) in [6, 6.07) is 0. The van der Waals surface area contributed by atoms with Crippen LogP contribution in [-0.4, -0.2) is 74.0 Å². The van der Waals surface area contributed by atoms with Gasteiger partial charge in [-0.3, -0.25) is 9.89 Å². The lowest BCUT2D eigenvalue weighted by atomic mass is 9.93. The lowest BCUT2D eigenvalue weighted by Gasteiger charge is -2.29. The van der Waals surface area contributed by atoms with Crippen LogP contribution in [0, 0.1) is 5.92 Å². The fourth-order valence-corrected chi connectivity index (χ4v) is 3.34. The van der Waals surface area contributed by atoms with Gasteiger partial charge in [-0.05, 0) is 25.7 Å². The van der Waals surface area contributed by atoms with Crippen molar-refractivity contribution in [2.24, 2.45) is 10.9 Å². The highest BCUT2D eigenvalue weighted by Crippen LogP contribution is 2.19. The molecule has 0 aromatic heterocycles. The number of nitrogens with one attached hydrogen (secondary N) is 2. The minimum Gasteiger partial charge on any atom is -0.388 e. The Morgan fingerprint density at radius 1 is 1.16 bits per heavy atom. The van der Waals surface area contributed by atoms with Crippen LogP contribution in [-0.2, 0) is 4.74 Å². The van der Waals surface area contributed by atoms with Crippen molar-refractivity contribution in [3.8, 4) is 0 Å². The van der Waals surface area contributed by atoms with E-state index in [9.17, 15) is 5.11 Å². The van der Waals surface area contributed by atoms with Crippen LogP contribution in [0.25, 0.3) is 0 Å². The predicted molar refractivity (Wildman–Crippen MR) is 105 cm³/mol. The molecule has 0 aromatic rings. The molecule has 1 aliphatic rings. The topological polar surface area (TPSA) is 69.1 Å². The summed E-state index contributed by atoms with van der Waals surface area (Å²) < 4.78 is 5.40. The van der Waals surface area contributed by atoms with Crippen LogP contribution in [0.2, 0.25) is 0 Å². The molecule has 1 atom stereocenters. The molecule has 148 valence electrons. The Hall–Kier alpha value is -0.850. The standard InChI is InChI=1S/C19H40N4O2/c1-5-8-19(24,9-6-2)16-22-18(20-7-3)21-14-17(4)15-23-10-12-25-13-11-23/h17,24H,5-16H2,1-4H3,(H2,20,21,22). The summed E-state index contributed by atoms with van der Waals surface area (Å²) in [4.78, 5) is 7.11. The third kappa shape index (κ3) is 9.42. The highest BCUT2D eigenvalue weighted by atomic mass is 16.5. The molecule has 0 bridgehead atoms. The zero-order valence-electron chi connectivity index (χ0n) is 16.8. The van der Waals surface area contributed by atoms with Gasteiger partial charge in [-0.15, -0.1) is 0 Å². The number of aliphatic imine (C=N–C) groups is 1. The van der Waals surface area contributed by atoms with Gasteiger partial charge in [-0.25, -0.2) is 0 Å². The van der Waals surface area contributed by atoms with Crippen molar-refractivity contribution in [1.29, 1.82) is 0 Å². The molecule has 1 saturated heterocycles. The van der Waals surface area contributed by atoms with E-state index in [1.807, 2.05) is 0 Å². The molecule has 0 saturated carbocycles. The molecule has 1 fully saturated rings. The molecule has 0 radical (unpaired) electrons.